The van der Waals surface area contributed by atoms with E-state index in [-0.39, 0.29) is 0 Å². The summed E-state index contributed by atoms with van der Waals surface area (Å²) in [4.78, 5) is 3.92. The standard InChI is InChI=1S/C9H15N3O/c1-2-3-4-6-10-7-5-9-11-8-12-13-9/h2,8,10H,1,3-7H2. The first-order valence-corrected chi connectivity index (χ1v) is 4.50. The third kappa shape index (κ3) is 4.42. The van der Waals surface area contributed by atoms with Gasteiger partial charge in [-0.3, -0.25) is 0 Å². The van der Waals surface area contributed by atoms with Gasteiger partial charge in [0.25, 0.3) is 0 Å². The van der Waals surface area contributed by atoms with Gasteiger partial charge in [-0.2, -0.15) is 4.98 Å². The van der Waals surface area contributed by atoms with Crippen molar-refractivity contribution in [3.63, 3.8) is 0 Å². The zero-order valence-electron chi connectivity index (χ0n) is 7.70. The van der Waals surface area contributed by atoms with Crippen molar-refractivity contribution in [2.75, 3.05) is 13.1 Å². The summed E-state index contributed by atoms with van der Waals surface area (Å²) >= 11 is 0. The van der Waals surface area contributed by atoms with Crippen LogP contribution in [0.3, 0.4) is 0 Å². The Morgan fingerprint density at radius 2 is 2.46 bits per heavy atom. The summed E-state index contributed by atoms with van der Waals surface area (Å²) in [6.07, 6.45) is 6.35. The van der Waals surface area contributed by atoms with Crippen LogP contribution in [0.5, 0.6) is 0 Å². The van der Waals surface area contributed by atoms with Gasteiger partial charge in [0.1, 0.15) is 0 Å². The maximum absolute atomic E-state index is 4.84. The fourth-order valence-corrected chi connectivity index (χ4v) is 0.998. The molecular formula is C9H15N3O. The summed E-state index contributed by atoms with van der Waals surface area (Å²) in [7, 11) is 0. The van der Waals surface area contributed by atoms with Gasteiger partial charge in [-0.1, -0.05) is 11.2 Å². The molecule has 0 bridgehead atoms. The molecule has 0 aliphatic rings. The Morgan fingerprint density at radius 3 is 3.15 bits per heavy atom. The van der Waals surface area contributed by atoms with Crippen molar-refractivity contribution in [3.8, 4) is 0 Å². The lowest BCUT2D eigenvalue weighted by atomic mass is 10.3. The monoisotopic (exact) mass is 181 g/mol. The van der Waals surface area contributed by atoms with E-state index in [4.69, 9.17) is 4.52 Å². The third-order valence-electron chi connectivity index (χ3n) is 1.68. The van der Waals surface area contributed by atoms with Crippen molar-refractivity contribution in [1.29, 1.82) is 0 Å². The maximum atomic E-state index is 4.84. The van der Waals surface area contributed by atoms with Gasteiger partial charge in [0.15, 0.2) is 6.33 Å². The molecule has 0 saturated heterocycles. The van der Waals surface area contributed by atoms with E-state index in [0.29, 0.717) is 5.89 Å². The molecule has 0 aliphatic carbocycles. The van der Waals surface area contributed by atoms with Crippen LogP contribution in [0.25, 0.3) is 0 Å². The van der Waals surface area contributed by atoms with E-state index in [1.54, 1.807) is 0 Å². The van der Waals surface area contributed by atoms with Gasteiger partial charge in [-0.15, -0.1) is 6.58 Å². The molecule has 0 saturated carbocycles. The number of hydrogen-bond donors (Lipinski definition) is 1. The molecule has 0 aliphatic heterocycles. The highest BCUT2D eigenvalue weighted by molar-refractivity contribution is 4.75. The van der Waals surface area contributed by atoms with Crippen molar-refractivity contribution in [1.82, 2.24) is 15.5 Å². The molecule has 72 valence electrons. The number of nitrogens with one attached hydrogen (secondary N) is 1. The summed E-state index contributed by atoms with van der Waals surface area (Å²) in [5.74, 6) is 0.691. The minimum Gasteiger partial charge on any atom is -0.340 e. The lowest BCUT2D eigenvalue weighted by molar-refractivity contribution is 0.375. The number of nitrogens with zero attached hydrogens (tertiary/aromatic N) is 2. The van der Waals surface area contributed by atoms with Crippen LogP contribution >= 0.6 is 0 Å². The molecule has 0 atom stereocenters. The summed E-state index contributed by atoms with van der Waals surface area (Å²) in [5.41, 5.74) is 0. The van der Waals surface area contributed by atoms with Crippen LogP contribution in [0, 0.1) is 0 Å². The second-order valence-corrected chi connectivity index (χ2v) is 2.77. The smallest absolute Gasteiger partial charge is 0.227 e. The molecule has 0 aromatic carbocycles. The Balaban J connectivity index is 1.93. The highest BCUT2D eigenvalue weighted by Gasteiger charge is 1.96. The van der Waals surface area contributed by atoms with E-state index in [0.717, 1.165) is 32.4 Å². The molecular weight excluding hydrogens is 166 g/mol. The fraction of sp³-hybridized carbons (Fsp3) is 0.556. The topological polar surface area (TPSA) is 51.0 Å². The molecule has 4 heteroatoms. The molecule has 13 heavy (non-hydrogen) atoms. The molecule has 0 amide bonds. The average molecular weight is 181 g/mol. The molecule has 0 unspecified atom stereocenters. The Bertz CT molecular complexity index is 221. The highest BCUT2D eigenvalue weighted by atomic mass is 16.5. The van der Waals surface area contributed by atoms with Crippen LogP contribution in [0.15, 0.2) is 23.5 Å². The second kappa shape index (κ2) is 6.37. The van der Waals surface area contributed by atoms with E-state index >= 15 is 0 Å². The summed E-state index contributed by atoms with van der Waals surface area (Å²) in [6, 6.07) is 0. The van der Waals surface area contributed by atoms with Gasteiger partial charge in [0.2, 0.25) is 5.89 Å². The summed E-state index contributed by atoms with van der Waals surface area (Å²) in [5, 5.41) is 6.81. The number of unbranched alkanes of at least 4 members (excludes halogenated alkanes) is 1. The Kier molecular flexibility index (Phi) is 4.86. The molecule has 0 spiro atoms. The molecule has 1 rings (SSSR count). The first kappa shape index (κ1) is 9.92. The zero-order chi connectivity index (χ0) is 9.36. The molecule has 0 radical (unpaired) electrons. The van der Waals surface area contributed by atoms with Crippen molar-refractivity contribution in [2.24, 2.45) is 0 Å². The minimum atomic E-state index is 0.691. The molecule has 4 nitrogen and oxygen atoms in total. The van der Waals surface area contributed by atoms with Gasteiger partial charge in [-0.05, 0) is 19.4 Å². The van der Waals surface area contributed by atoms with Crippen molar-refractivity contribution in [2.45, 2.75) is 19.3 Å². The van der Waals surface area contributed by atoms with Crippen LogP contribution in [0.1, 0.15) is 18.7 Å². The molecule has 1 aromatic rings. The van der Waals surface area contributed by atoms with Gasteiger partial charge < -0.3 is 9.84 Å². The average Bonchev–Trinajstić information content (AvgIpc) is 2.63. The molecule has 1 N–H and O–H groups in total. The van der Waals surface area contributed by atoms with Crippen LogP contribution in [-0.2, 0) is 6.42 Å². The van der Waals surface area contributed by atoms with E-state index in [1.807, 2.05) is 6.08 Å². The SMILES string of the molecule is C=CCCCNCCc1ncno1. The number of allylic oxidation sites excluding steroid dienone is 1. The van der Waals surface area contributed by atoms with Crippen LogP contribution < -0.4 is 5.32 Å². The lowest BCUT2D eigenvalue weighted by Crippen LogP contribution is -2.18. The van der Waals surface area contributed by atoms with E-state index in [1.165, 1.54) is 6.33 Å². The van der Waals surface area contributed by atoms with Gasteiger partial charge in [-0.25, -0.2) is 0 Å². The minimum absolute atomic E-state index is 0.691. The van der Waals surface area contributed by atoms with Crippen LogP contribution in [-0.4, -0.2) is 23.2 Å². The predicted molar refractivity (Wildman–Crippen MR) is 50.3 cm³/mol. The second-order valence-electron chi connectivity index (χ2n) is 2.77. The van der Waals surface area contributed by atoms with Crippen molar-refractivity contribution < 1.29 is 4.52 Å². The molecule has 0 fully saturated rings. The third-order valence-corrected chi connectivity index (χ3v) is 1.68. The normalized spacial score (nSPS) is 10.2. The first-order chi connectivity index (χ1) is 6.43. The lowest BCUT2D eigenvalue weighted by Gasteiger charge is -1.99. The van der Waals surface area contributed by atoms with Gasteiger partial charge >= 0.3 is 0 Å². The van der Waals surface area contributed by atoms with Crippen LogP contribution in [0.4, 0.5) is 0 Å². The number of rotatable bonds is 7. The largest absolute Gasteiger partial charge is 0.340 e. The Hall–Kier alpha value is -1.16. The van der Waals surface area contributed by atoms with E-state index in [9.17, 15) is 0 Å². The van der Waals surface area contributed by atoms with Gasteiger partial charge in [0.05, 0.1) is 0 Å². The molecule has 1 aromatic heterocycles. The highest BCUT2D eigenvalue weighted by Crippen LogP contribution is 1.91. The van der Waals surface area contributed by atoms with Crippen molar-refractivity contribution in [3.05, 3.63) is 24.9 Å². The first-order valence-electron chi connectivity index (χ1n) is 4.50. The maximum Gasteiger partial charge on any atom is 0.227 e. The molecule has 1 heterocycles. The van der Waals surface area contributed by atoms with E-state index < -0.39 is 0 Å². The van der Waals surface area contributed by atoms with Crippen LogP contribution in [0.2, 0.25) is 0 Å². The van der Waals surface area contributed by atoms with Gasteiger partial charge in [0, 0.05) is 13.0 Å². The number of aromatic nitrogens is 2. The number of hydrogen-bond acceptors (Lipinski definition) is 4. The van der Waals surface area contributed by atoms with E-state index in [2.05, 4.69) is 22.0 Å². The summed E-state index contributed by atoms with van der Waals surface area (Å²) < 4.78 is 4.84. The fourth-order valence-electron chi connectivity index (χ4n) is 0.998. The Morgan fingerprint density at radius 1 is 1.54 bits per heavy atom. The van der Waals surface area contributed by atoms with Crippen molar-refractivity contribution >= 4 is 0 Å². The predicted octanol–water partition coefficient (Wildman–Crippen LogP) is 1.17. The summed E-state index contributed by atoms with van der Waals surface area (Å²) in [6.45, 7) is 5.56. The quantitative estimate of drug-likeness (QED) is 0.506. The zero-order valence-corrected chi connectivity index (χ0v) is 7.70. The Labute approximate surface area is 78.0 Å².